The van der Waals surface area contributed by atoms with Crippen molar-refractivity contribution in [1.29, 1.82) is 0 Å². The minimum absolute atomic E-state index is 0.0962. The number of carbonyl (C=O) groups is 1. The van der Waals surface area contributed by atoms with Gasteiger partial charge in [-0.15, -0.1) is 0 Å². The van der Waals surface area contributed by atoms with Gasteiger partial charge in [-0.3, -0.25) is 9.78 Å². The van der Waals surface area contributed by atoms with Gasteiger partial charge in [-0.25, -0.2) is 4.98 Å². The van der Waals surface area contributed by atoms with Gasteiger partial charge < -0.3 is 19.7 Å². The molecular weight excluding hydrogens is 475 g/mol. The fourth-order valence-electron chi connectivity index (χ4n) is 3.90. The summed E-state index contributed by atoms with van der Waals surface area (Å²) in [6, 6.07) is 10.7. The maximum Gasteiger partial charge on any atom is 0.251 e. The zero-order chi connectivity index (χ0) is 23.9. The maximum atomic E-state index is 12.9. The minimum atomic E-state index is -0.133. The molecule has 1 fully saturated rings. The number of amides is 1. The number of benzene rings is 2. The van der Waals surface area contributed by atoms with Gasteiger partial charge in [0.25, 0.3) is 5.91 Å². The molecule has 1 aliphatic heterocycles. The average Bonchev–Trinajstić information content (AvgIpc) is 2.86. The van der Waals surface area contributed by atoms with E-state index in [0.29, 0.717) is 40.1 Å². The van der Waals surface area contributed by atoms with E-state index in [0.717, 1.165) is 37.3 Å². The summed E-state index contributed by atoms with van der Waals surface area (Å²) >= 11 is 12.2. The Balaban J connectivity index is 1.33. The Morgan fingerprint density at radius 3 is 2.65 bits per heavy atom. The highest BCUT2D eigenvalue weighted by atomic mass is 35.5. The van der Waals surface area contributed by atoms with Crippen molar-refractivity contribution in [3.63, 3.8) is 0 Å². The molecule has 4 rings (SSSR count). The van der Waals surface area contributed by atoms with Crippen molar-refractivity contribution in [3.05, 3.63) is 76.2 Å². The highest BCUT2D eigenvalue weighted by molar-refractivity contribution is 6.35. The number of hydrogen-bond donors (Lipinski definition) is 1. The lowest BCUT2D eigenvalue weighted by Gasteiger charge is -2.32. The van der Waals surface area contributed by atoms with E-state index in [-0.39, 0.29) is 11.9 Å². The quantitative estimate of drug-likeness (QED) is 0.478. The molecule has 0 aliphatic carbocycles. The fraction of sp³-hybridized carbons (Fsp3) is 0.320. The Morgan fingerprint density at radius 2 is 1.94 bits per heavy atom. The second-order valence-corrected chi connectivity index (χ2v) is 8.84. The second kappa shape index (κ2) is 11.4. The summed E-state index contributed by atoms with van der Waals surface area (Å²) in [5, 5.41) is 4.33. The molecule has 178 valence electrons. The number of ether oxygens (including phenoxy) is 2. The zero-order valence-electron chi connectivity index (χ0n) is 18.8. The molecule has 9 heteroatoms. The Hall–Kier alpha value is -3.03. The Morgan fingerprint density at radius 1 is 1.12 bits per heavy atom. The molecule has 0 atom stereocenters. The number of methoxy groups -OCH3 is 1. The molecule has 0 saturated carbocycles. The van der Waals surface area contributed by atoms with Crippen molar-refractivity contribution in [2.24, 2.45) is 0 Å². The number of carbonyl (C=O) groups excluding carboxylic acids is 1. The first-order valence-corrected chi connectivity index (χ1v) is 11.9. The normalized spacial score (nSPS) is 14.0. The molecule has 7 nitrogen and oxygen atoms in total. The molecule has 2 heterocycles. The van der Waals surface area contributed by atoms with E-state index in [4.69, 9.17) is 32.7 Å². The van der Waals surface area contributed by atoms with Crippen LogP contribution in [0.5, 0.6) is 11.5 Å². The van der Waals surface area contributed by atoms with Gasteiger partial charge in [-0.2, -0.15) is 0 Å². The molecule has 0 bridgehead atoms. The fourth-order valence-corrected chi connectivity index (χ4v) is 4.41. The van der Waals surface area contributed by atoms with Gasteiger partial charge in [0.1, 0.15) is 5.82 Å². The van der Waals surface area contributed by atoms with Gasteiger partial charge >= 0.3 is 0 Å². The highest BCUT2D eigenvalue weighted by Crippen LogP contribution is 2.29. The summed E-state index contributed by atoms with van der Waals surface area (Å²) in [6.45, 7) is 2.01. The van der Waals surface area contributed by atoms with Crippen LogP contribution in [0.4, 0.5) is 5.82 Å². The van der Waals surface area contributed by atoms with Crippen molar-refractivity contribution in [1.82, 2.24) is 15.3 Å². The predicted octanol–water partition coefficient (Wildman–Crippen LogP) is 4.81. The molecule has 1 aromatic heterocycles. The van der Waals surface area contributed by atoms with Gasteiger partial charge in [0, 0.05) is 53.6 Å². The van der Waals surface area contributed by atoms with Gasteiger partial charge in [0.15, 0.2) is 11.5 Å². The summed E-state index contributed by atoms with van der Waals surface area (Å²) in [6.07, 6.45) is 7.39. The third kappa shape index (κ3) is 6.10. The Labute approximate surface area is 209 Å². The molecule has 0 spiro atoms. The average molecular weight is 501 g/mol. The Bertz CT molecular complexity index is 1120. The first kappa shape index (κ1) is 24.1. The molecule has 2 aromatic carbocycles. The van der Waals surface area contributed by atoms with Crippen molar-refractivity contribution in [3.8, 4) is 11.5 Å². The number of hydrogen-bond acceptors (Lipinski definition) is 6. The zero-order valence-corrected chi connectivity index (χ0v) is 20.4. The number of rotatable bonds is 8. The molecule has 1 N–H and O–H groups in total. The van der Waals surface area contributed by atoms with Crippen molar-refractivity contribution < 1.29 is 14.3 Å². The lowest BCUT2D eigenvalue weighted by Crippen LogP contribution is -2.45. The predicted molar refractivity (Wildman–Crippen MR) is 133 cm³/mol. The smallest absolute Gasteiger partial charge is 0.251 e. The monoisotopic (exact) mass is 500 g/mol. The van der Waals surface area contributed by atoms with Crippen LogP contribution in [0, 0.1) is 0 Å². The van der Waals surface area contributed by atoms with E-state index >= 15 is 0 Å². The highest BCUT2D eigenvalue weighted by Gasteiger charge is 2.22. The van der Waals surface area contributed by atoms with Crippen LogP contribution >= 0.6 is 23.2 Å². The Kier molecular flexibility index (Phi) is 8.08. The topological polar surface area (TPSA) is 76.6 Å². The van der Waals surface area contributed by atoms with Crippen LogP contribution in [-0.2, 0) is 6.42 Å². The van der Waals surface area contributed by atoms with E-state index in [1.54, 1.807) is 56.0 Å². The lowest BCUT2D eigenvalue weighted by molar-refractivity contribution is 0.0930. The number of halogens is 2. The largest absolute Gasteiger partial charge is 0.493 e. The SMILES string of the molecule is COc1ccc(C(=O)NC2CCN(c3cnccn3)CC2)cc1OCCc1ccc(Cl)cc1Cl. The molecule has 1 saturated heterocycles. The molecule has 1 aliphatic rings. The summed E-state index contributed by atoms with van der Waals surface area (Å²) < 4.78 is 11.4. The van der Waals surface area contributed by atoms with Crippen molar-refractivity contribution in [2.45, 2.75) is 25.3 Å². The summed E-state index contributed by atoms with van der Waals surface area (Å²) in [5.41, 5.74) is 1.46. The standard InChI is InChI=1S/C25H26Cl2N4O3/c1-33-22-5-3-18(14-23(22)34-13-8-17-2-4-19(26)15-21(17)27)25(32)30-20-6-11-31(12-7-20)24-16-28-9-10-29-24/h2-5,9-10,14-16,20H,6-8,11-13H2,1H3,(H,30,32). The van der Waals surface area contributed by atoms with E-state index < -0.39 is 0 Å². The van der Waals surface area contributed by atoms with Crippen LogP contribution in [0.1, 0.15) is 28.8 Å². The first-order chi connectivity index (χ1) is 16.5. The van der Waals surface area contributed by atoms with Crippen molar-refractivity contribution >= 4 is 34.9 Å². The van der Waals surface area contributed by atoms with Gasteiger partial charge in [0.05, 0.1) is 19.9 Å². The van der Waals surface area contributed by atoms with Crippen LogP contribution in [0.25, 0.3) is 0 Å². The maximum absolute atomic E-state index is 12.9. The third-order valence-electron chi connectivity index (χ3n) is 5.77. The van der Waals surface area contributed by atoms with E-state index in [1.807, 2.05) is 6.07 Å². The molecule has 0 unspecified atom stereocenters. The number of nitrogens with one attached hydrogen (secondary N) is 1. The lowest BCUT2D eigenvalue weighted by atomic mass is 10.0. The minimum Gasteiger partial charge on any atom is -0.493 e. The van der Waals surface area contributed by atoms with Gasteiger partial charge in [-0.05, 0) is 48.7 Å². The third-order valence-corrected chi connectivity index (χ3v) is 6.36. The summed E-state index contributed by atoms with van der Waals surface area (Å²) in [4.78, 5) is 23.6. The molecule has 1 amide bonds. The van der Waals surface area contributed by atoms with E-state index in [2.05, 4.69) is 20.2 Å². The van der Waals surface area contributed by atoms with Crippen LogP contribution in [0.3, 0.4) is 0 Å². The molecule has 0 radical (unpaired) electrons. The van der Waals surface area contributed by atoms with Gasteiger partial charge in [-0.1, -0.05) is 29.3 Å². The van der Waals surface area contributed by atoms with Crippen LogP contribution in [-0.4, -0.2) is 48.7 Å². The molecular formula is C25H26Cl2N4O3. The number of anilines is 1. The first-order valence-electron chi connectivity index (χ1n) is 11.1. The number of aromatic nitrogens is 2. The number of nitrogens with zero attached hydrogens (tertiary/aromatic N) is 3. The summed E-state index contributed by atoms with van der Waals surface area (Å²) in [5.74, 6) is 1.81. The van der Waals surface area contributed by atoms with E-state index in [9.17, 15) is 4.79 Å². The summed E-state index contributed by atoms with van der Waals surface area (Å²) in [7, 11) is 1.57. The number of piperidine rings is 1. The van der Waals surface area contributed by atoms with Crippen LogP contribution in [0.2, 0.25) is 10.0 Å². The molecule has 34 heavy (non-hydrogen) atoms. The van der Waals surface area contributed by atoms with Crippen LogP contribution in [0.15, 0.2) is 55.0 Å². The van der Waals surface area contributed by atoms with E-state index in [1.165, 1.54) is 0 Å². The second-order valence-electron chi connectivity index (χ2n) is 8.00. The molecule has 3 aromatic rings. The van der Waals surface area contributed by atoms with Crippen molar-refractivity contribution in [2.75, 3.05) is 31.7 Å². The van der Waals surface area contributed by atoms with Gasteiger partial charge in [0.2, 0.25) is 0 Å². The van der Waals surface area contributed by atoms with Crippen LogP contribution < -0.4 is 19.7 Å².